The molecule has 2 rings (SSSR count). The van der Waals surface area contributed by atoms with Gasteiger partial charge in [-0.3, -0.25) is 14.5 Å². The highest BCUT2D eigenvalue weighted by molar-refractivity contribution is 6.60. The summed E-state index contributed by atoms with van der Waals surface area (Å²) >= 11 is 24.2. The van der Waals surface area contributed by atoms with Crippen LogP contribution in [0.3, 0.4) is 0 Å². The SMILES string of the molecule is CCN1C(=O)C2(Cl)C=CC(Cl)=C(Cl)C2(Cl)C1=O. The number of imide groups is 1. The first kappa shape index (κ1) is 13.2. The maximum absolute atomic E-state index is 12.1. The topological polar surface area (TPSA) is 37.4 Å². The van der Waals surface area contributed by atoms with Crippen molar-refractivity contribution in [2.24, 2.45) is 0 Å². The van der Waals surface area contributed by atoms with Gasteiger partial charge in [0, 0.05) is 6.54 Å². The normalized spacial score (nSPS) is 36.9. The standard InChI is InChI=1S/C10H7Cl4NO2/c1-2-15-7(16)9(13)4-3-5(11)6(12)10(9,14)8(15)17/h3-4H,2H2,1H3. The van der Waals surface area contributed by atoms with E-state index in [1.54, 1.807) is 6.92 Å². The van der Waals surface area contributed by atoms with Crippen molar-refractivity contribution >= 4 is 58.2 Å². The van der Waals surface area contributed by atoms with Crippen LogP contribution in [0.1, 0.15) is 6.92 Å². The number of hydrogen-bond acceptors (Lipinski definition) is 2. The number of allylic oxidation sites excluding steroid dienone is 2. The molecule has 0 N–H and O–H groups in total. The van der Waals surface area contributed by atoms with Crippen molar-refractivity contribution in [1.82, 2.24) is 4.90 Å². The molecule has 7 heteroatoms. The van der Waals surface area contributed by atoms with Gasteiger partial charge in [-0.15, -0.1) is 11.6 Å². The van der Waals surface area contributed by atoms with Crippen LogP contribution in [0.4, 0.5) is 0 Å². The number of carbonyl (C=O) groups is 2. The summed E-state index contributed by atoms with van der Waals surface area (Å²) in [6.07, 6.45) is 2.69. The first-order chi connectivity index (χ1) is 7.80. The highest BCUT2D eigenvalue weighted by Gasteiger charge is 2.70. The van der Waals surface area contributed by atoms with E-state index in [1.165, 1.54) is 12.2 Å². The van der Waals surface area contributed by atoms with Gasteiger partial charge in [-0.05, 0) is 13.0 Å². The van der Waals surface area contributed by atoms with Crippen LogP contribution in [0.2, 0.25) is 0 Å². The van der Waals surface area contributed by atoms with E-state index >= 15 is 0 Å². The Morgan fingerprint density at radius 3 is 2.35 bits per heavy atom. The van der Waals surface area contributed by atoms with E-state index in [0.717, 1.165) is 4.90 Å². The second-order valence-electron chi connectivity index (χ2n) is 3.72. The van der Waals surface area contributed by atoms with Crippen molar-refractivity contribution in [3.63, 3.8) is 0 Å². The van der Waals surface area contributed by atoms with E-state index in [2.05, 4.69) is 0 Å². The van der Waals surface area contributed by atoms with Gasteiger partial charge in [0.25, 0.3) is 11.8 Å². The fourth-order valence-corrected chi connectivity index (χ4v) is 3.21. The summed E-state index contributed by atoms with van der Waals surface area (Å²) in [6.45, 7) is 1.83. The van der Waals surface area contributed by atoms with Gasteiger partial charge in [-0.2, -0.15) is 0 Å². The minimum Gasteiger partial charge on any atom is -0.279 e. The Labute approximate surface area is 118 Å². The number of nitrogens with zero attached hydrogens (tertiary/aromatic N) is 1. The van der Waals surface area contributed by atoms with Crippen LogP contribution in [0.25, 0.3) is 0 Å². The number of carbonyl (C=O) groups excluding carboxylic acids is 2. The van der Waals surface area contributed by atoms with Gasteiger partial charge in [-0.1, -0.05) is 40.9 Å². The third-order valence-electron chi connectivity index (χ3n) is 2.89. The van der Waals surface area contributed by atoms with Crippen LogP contribution < -0.4 is 0 Å². The quantitative estimate of drug-likeness (QED) is 0.551. The molecule has 0 radical (unpaired) electrons. The van der Waals surface area contributed by atoms with Gasteiger partial charge < -0.3 is 0 Å². The van der Waals surface area contributed by atoms with Crippen LogP contribution in [0, 0.1) is 0 Å². The Bertz CT molecular complexity index is 487. The van der Waals surface area contributed by atoms with Crippen molar-refractivity contribution in [2.75, 3.05) is 6.54 Å². The molecule has 3 nitrogen and oxygen atoms in total. The van der Waals surface area contributed by atoms with E-state index in [1.807, 2.05) is 0 Å². The van der Waals surface area contributed by atoms with E-state index < -0.39 is 21.6 Å². The highest BCUT2D eigenvalue weighted by Crippen LogP contribution is 2.54. The molecule has 0 spiro atoms. The fourth-order valence-electron chi connectivity index (χ4n) is 1.93. The average molecular weight is 315 g/mol. The van der Waals surface area contributed by atoms with Crippen LogP contribution >= 0.6 is 46.4 Å². The molecule has 2 unspecified atom stereocenters. The molecule has 1 heterocycles. The van der Waals surface area contributed by atoms with E-state index in [4.69, 9.17) is 46.4 Å². The number of hydrogen-bond donors (Lipinski definition) is 0. The summed E-state index contributed by atoms with van der Waals surface area (Å²) in [4.78, 5) is 21.7. The molecule has 1 saturated heterocycles. The molecule has 2 atom stereocenters. The summed E-state index contributed by atoms with van der Waals surface area (Å²) in [5, 5.41) is -0.00956. The maximum atomic E-state index is 12.1. The third kappa shape index (κ3) is 1.37. The van der Waals surface area contributed by atoms with E-state index in [9.17, 15) is 9.59 Å². The molecule has 1 aliphatic heterocycles. The van der Waals surface area contributed by atoms with Gasteiger partial charge in [0.15, 0.2) is 9.75 Å². The minimum absolute atomic E-state index is 0.108. The van der Waals surface area contributed by atoms with Crippen molar-refractivity contribution in [3.8, 4) is 0 Å². The lowest BCUT2D eigenvalue weighted by Gasteiger charge is -2.31. The maximum Gasteiger partial charge on any atom is 0.258 e. The van der Waals surface area contributed by atoms with Gasteiger partial charge in [0.1, 0.15) is 0 Å². The van der Waals surface area contributed by atoms with Crippen molar-refractivity contribution in [2.45, 2.75) is 16.7 Å². The van der Waals surface area contributed by atoms with Crippen LogP contribution in [0.5, 0.6) is 0 Å². The number of fused-ring (bicyclic) bond motifs is 1. The Balaban J connectivity index is 2.70. The number of rotatable bonds is 1. The number of likely N-dealkylation sites (tertiary alicyclic amines) is 1. The first-order valence-electron chi connectivity index (χ1n) is 4.80. The summed E-state index contributed by atoms with van der Waals surface area (Å²) < 4.78 is 0. The zero-order valence-electron chi connectivity index (χ0n) is 8.64. The zero-order chi connectivity index (χ0) is 13.0. The summed E-state index contributed by atoms with van der Waals surface area (Å²) in [7, 11) is 0. The van der Waals surface area contributed by atoms with Crippen LogP contribution in [-0.2, 0) is 9.59 Å². The predicted molar refractivity (Wildman–Crippen MR) is 67.4 cm³/mol. The Morgan fingerprint density at radius 1 is 1.24 bits per heavy atom. The van der Waals surface area contributed by atoms with Crippen molar-refractivity contribution in [1.29, 1.82) is 0 Å². The number of alkyl halides is 2. The molecule has 1 aliphatic carbocycles. The molecule has 2 amide bonds. The fraction of sp³-hybridized carbons (Fsp3) is 0.400. The van der Waals surface area contributed by atoms with Crippen molar-refractivity contribution in [3.05, 3.63) is 22.2 Å². The zero-order valence-corrected chi connectivity index (χ0v) is 11.7. The van der Waals surface area contributed by atoms with Gasteiger partial charge >= 0.3 is 0 Å². The molecular formula is C10H7Cl4NO2. The van der Waals surface area contributed by atoms with E-state index in [0.29, 0.717) is 0 Å². The molecule has 0 aromatic rings. The number of halogens is 4. The highest BCUT2D eigenvalue weighted by atomic mass is 35.5. The van der Waals surface area contributed by atoms with Crippen molar-refractivity contribution < 1.29 is 9.59 Å². The Morgan fingerprint density at radius 2 is 1.82 bits per heavy atom. The molecule has 17 heavy (non-hydrogen) atoms. The van der Waals surface area contributed by atoms with Crippen LogP contribution in [-0.4, -0.2) is 33.0 Å². The lowest BCUT2D eigenvalue weighted by molar-refractivity contribution is -0.138. The molecule has 0 aromatic carbocycles. The lowest BCUT2D eigenvalue weighted by Crippen LogP contribution is -2.49. The summed E-state index contributed by atoms with van der Waals surface area (Å²) in [5.41, 5.74) is 0. The molecule has 2 aliphatic rings. The molecule has 1 fully saturated rings. The molecular weight excluding hydrogens is 308 g/mol. The first-order valence-corrected chi connectivity index (χ1v) is 6.31. The monoisotopic (exact) mass is 313 g/mol. The molecule has 92 valence electrons. The molecule has 0 bridgehead atoms. The Hall–Kier alpha value is -0.220. The molecule has 0 saturated carbocycles. The molecule has 0 aromatic heterocycles. The predicted octanol–water partition coefficient (Wildman–Crippen LogP) is 2.59. The third-order valence-corrected chi connectivity index (χ3v) is 5.20. The average Bonchev–Trinajstić information content (AvgIpc) is 2.45. The second-order valence-corrected chi connectivity index (χ2v) is 5.67. The second kappa shape index (κ2) is 3.89. The summed E-state index contributed by atoms with van der Waals surface area (Å²) in [5.74, 6) is -1.23. The van der Waals surface area contributed by atoms with E-state index in [-0.39, 0.29) is 16.6 Å². The van der Waals surface area contributed by atoms with Gasteiger partial charge in [0.05, 0.1) is 10.1 Å². The Kier molecular flexibility index (Phi) is 3.02. The van der Waals surface area contributed by atoms with Gasteiger partial charge in [0.2, 0.25) is 0 Å². The smallest absolute Gasteiger partial charge is 0.258 e. The minimum atomic E-state index is -1.84. The largest absolute Gasteiger partial charge is 0.279 e. The van der Waals surface area contributed by atoms with Crippen LogP contribution in [0.15, 0.2) is 22.2 Å². The lowest BCUT2D eigenvalue weighted by atomic mass is 9.88. The van der Waals surface area contributed by atoms with Gasteiger partial charge in [-0.25, -0.2) is 0 Å². The summed E-state index contributed by atoms with van der Waals surface area (Å²) in [6, 6.07) is 0. The number of amides is 2.